The van der Waals surface area contributed by atoms with Crippen molar-refractivity contribution in [1.82, 2.24) is 0 Å². The molecule has 0 aliphatic rings. The van der Waals surface area contributed by atoms with Gasteiger partial charge in [-0.25, -0.2) is 4.79 Å². The quantitative estimate of drug-likeness (QED) is 0.351. The Bertz CT molecular complexity index is 468. The molecule has 0 aliphatic carbocycles. The van der Waals surface area contributed by atoms with E-state index in [-0.39, 0.29) is 23.5 Å². The fourth-order valence-corrected chi connectivity index (χ4v) is 1.84. The number of hydrogen-bond donors (Lipinski definition) is 0. The first-order valence-corrected chi connectivity index (χ1v) is 6.61. The molecule has 1 rings (SSSR count). The van der Waals surface area contributed by atoms with Crippen LogP contribution in [0, 0.1) is 0 Å². The van der Waals surface area contributed by atoms with Crippen molar-refractivity contribution in [2.75, 3.05) is 11.9 Å². The van der Waals surface area contributed by atoms with Gasteiger partial charge in [0.25, 0.3) is 0 Å². The molecule has 0 saturated heterocycles. The third-order valence-electron chi connectivity index (χ3n) is 2.31. The van der Waals surface area contributed by atoms with E-state index in [0.29, 0.717) is 23.6 Å². The van der Waals surface area contributed by atoms with Crippen molar-refractivity contribution in [1.29, 1.82) is 0 Å². The lowest BCUT2D eigenvalue weighted by Crippen LogP contribution is -2.09. The van der Waals surface area contributed by atoms with Gasteiger partial charge in [0.1, 0.15) is 0 Å². The summed E-state index contributed by atoms with van der Waals surface area (Å²) in [5.74, 6) is -0.635. The van der Waals surface area contributed by atoms with E-state index >= 15 is 0 Å². The average molecular weight is 313 g/mol. The van der Waals surface area contributed by atoms with Gasteiger partial charge >= 0.3 is 5.97 Å². The van der Waals surface area contributed by atoms with Crippen LogP contribution in [0.1, 0.15) is 44.4 Å². The summed E-state index contributed by atoms with van der Waals surface area (Å²) in [6, 6.07) is 4.36. The van der Waals surface area contributed by atoms with E-state index in [1.165, 1.54) is 18.2 Å². The second-order valence-corrected chi connectivity index (χ2v) is 4.30. The molecule has 0 aliphatic heterocycles. The lowest BCUT2D eigenvalue weighted by Gasteiger charge is -2.06. The molecule has 0 unspecified atom stereocenters. The number of esters is 1. The zero-order chi connectivity index (χ0) is 13.5. The normalized spacial score (nSPS) is 9.89. The van der Waals surface area contributed by atoms with Gasteiger partial charge in [-0.2, -0.15) is 0 Å². The van der Waals surface area contributed by atoms with Crippen LogP contribution in [0.5, 0.6) is 0 Å². The SMILES string of the molecule is CCOC(=O)c1ccc(C(=O)CCBr)c(C=O)c1. The van der Waals surface area contributed by atoms with Gasteiger partial charge in [0.05, 0.1) is 12.2 Å². The minimum atomic E-state index is -0.500. The van der Waals surface area contributed by atoms with Crippen LogP contribution in [0.4, 0.5) is 0 Å². The molecule has 0 spiro atoms. The lowest BCUT2D eigenvalue weighted by molar-refractivity contribution is 0.0526. The number of aldehydes is 1. The second kappa shape index (κ2) is 7.06. The summed E-state index contributed by atoms with van der Waals surface area (Å²) in [4.78, 5) is 34.2. The predicted molar refractivity (Wildman–Crippen MR) is 70.5 cm³/mol. The molecule has 5 heteroatoms. The maximum absolute atomic E-state index is 11.7. The number of hydrogen-bond acceptors (Lipinski definition) is 4. The Kier molecular flexibility index (Phi) is 5.71. The van der Waals surface area contributed by atoms with Gasteiger partial charge in [-0.3, -0.25) is 9.59 Å². The van der Waals surface area contributed by atoms with Crippen molar-refractivity contribution < 1.29 is 19.1 Å². The molecule has 0 amide bonds. The minimum Gasteiger partial charge on any atom is -0.462 e. The maximum Gasteiger partial charge on any atom is 0.338 e. The molecule has 0 radical (unpaired) electrons. The first kappa shape index (κ1) is 14.6. The Hall–Kier alpha value is -1.49. The van der Waals surface area contributed by atoms with Gasteiger partial charge < -0.3 is 4.74 Å². The number of Topliss-reactive ketones (excluding diaryl/α,β-unsaturated/α-hetero) is 1. The van der Waals surface area contributed by atoms with Crippen molar-refractivity contribution in [3.63, 3.8) is 0 Å². The third kappa shape index (κ3) is 3.50. The number of benzene rings is 1. The molecule has 96 valence electrons. The largest absolute Gasteiger partial charge is 0.462 e. The van der Waals surface area contributed by atoms with Crippen molar-refractivity contribution >= 4 is 34.0 Å². The lowest BCUT2D eigenvalue weighted by atomic mass is 10.0. The molecule has 0 bridgehead atoms. The van der Waals surface area contributed by atoms with Gasteiger partial charge in [-0.05, 0) is 25.1 Å². The number of alkyl halides is 1. The van der Waals surface area contributed by atoms with Crippen LogP contribution in [0.3, 0.4) is 0 Å². The number of rotatable bonds is 6. The fourth-order valence-electron chi connectivity index (χ4n) is 1.48. The monoisotopic (exact) mass is 312 g/mol. The van der Waals surface area contributed by atoms with Crippen LogP contribution in [0.2, 0.25) is 0 Å². The number of halogens is 1. The molecule has 0 atom stereocenters. The Morgan fingerprint density at radius 1 is 1.39 bits per heavy atom. The fraction of sp³-hybridized carbons (Fsp3) is 0.308. The summed E-state index contributed by atoms with van der Waals surface area (Å²) < 4.78 is 4.83. The van der Waals surface area contributed by atoms with E-state index in [1.54, 1.807) is 6.92 Å². The predicted octanol–water partition coefficient (Wildman–Crippen LogP) is 2.64. The summed E-state index contributed by atoms with van der Waals surface area (Å²) in [6.45, 7) is 1.96. The van der Waals surface area contributed by atoms with E-state index in [4.69, 9.17) is 4.74 Å². The second-order valence-electron chi connectivity index (χ2n) is 3.50. The summed E-state index contributed by atoms with van der Waals surface area (Å²) in [6.07, 6.45) is 0.879. The van der Waals surface area contributed by atoms with E-state index < -0.39 is 5.97 Å². The highest BCUT2D eigenvalue weighted by Crippen LogP contribution is 2.14. The topological polar surface area (TPSA) is 60.4 Å². The molecule has 0 heterocycles. The summed E-state index contributed by atoms with van der Waals surface area (Å²) in [7, 11) is 0. The minimum absolute atomic E-state index is 0.135. The zero-order valence-corrected chi connectivity index (χ0v) is 11.5. The molecule has 4 nitrogen and oxygen atoms in total. The maximum atomic E-state index is 11.7. The molecule has 0 aromatic heterocycles. The van der Waals surface area contributed by atoms with Gasteiger partial charge in [-0.15, -0.1) is 0 Å². The Morgan fingerprint density at radius 2 is 2.11 bits per heavy atom. The van der Waals surface area contributed by atoms with Gasteiger partial charge in [0.2, 0.25) is 0 Å². The summed E-state index contributed by atoms with van der Waals surface area (Å²) in [5, 5.41) is 0.532. The average Bonchev–Trinajstić information content (AvgIpc) is 2.38. The van der Waals surface area contributed by atoms with E-state index in [0.717, 1.165) is 0 Å². The highest BCUT2D eigenvalue weighted by molar-refractivity contribution is 9.09. The highest BCUT2D eigenvalue weighted by atomic mass is 79.9. The van der Waals surface area contributed by atoms with Crippen molar-refractivity contribution in [3.05, 3.63) is 34.9 Å². The van der Waals surface area contributed by atoms with E-state index in [9.17, 15) is 14.4 Å². The van der Waals surface area contributed by atoms with Crippen LogP contribution in [0.25, 0.3) is 0 Å². The Balaban J connectivity index is 3.07. The van der Waals surface area contributed by atoms with Crippen LogP contribution in [0.15, 0.2) is 18.2 Å². The molecular weight excluding hydrogens is 300 g/mol. The first-order chi connectivity index (χ1) is 8.63. The zero-order valence-electron chi connectivity index (χ0n) is 9.94. The standard InChI is InChI=1S/C13H13BrO4/c1-2-18-13(17)9-3-4-11(10(7-9)8-15)12(16)5-6-14/h3-4,7-8H,2,5-6H2,1H3. The smallest absolute Gasteiger partial charge is 0.338 e. The number of carbonyl (C=O) groups excluding carboxylic acids is 3. The van der Waals surface area contributed by atoms with Crippen molar-refractivity contribution in [2.45, 2.75) is 13.3 Å². The molecule has 18 heavy (non-hydrogen) atoms. The third-order valence-corrected chi connectivity index (χ3v) is 2.71. The van der Waals surface area contributed by atoms with Crippen LogP contribution in [-0.4, -0.2) is 30.0 Å². The molecule has 0 saturated carbocycles. The molecule has 1 aromatic rings. The van der Waals surface area contributed by atoms with Crippen LogP contribution >= 0.6 is 15.9 Å². The summed E-state index contributed by atoms with van der Waals surface area (Å²) >= 11 is 3.17. The highest BCUT2D eigenvalue weighted by Gasteiger charge is 2.14. The van der Waals surface area contributed by atoms with Crippen LogP contribution in [-0.2, 0) is 4.74 Å². The molecule has 1 aromatic carbocycles. The molecular formula is C13H13BrO4. The first-order valence-electron chi connectivity index (χ1n) is 5.49. The number of ketones is 1. The summed E-state index contributed by atoms with van der Waals surface area (Å²) in [5.41, 5.74) is 0.818. The van der Waals surface area contributed by atoms with Crippen LogP contribution < -0.4 is 0 Å². The van der Waals surface area contributed by atoms with Gasteiger partial charge in [-0.1, -0.05) is 15.9 Å². The Labute approximate surface area is 113 Å². The van der Waals surface area contributed by atoms with Crippen molar-refractivity contribution in [2.24, 2.45) is 0 Å². The van der Waals surface area contributed by atoms with Crippen molar-refractivity contribution in [3.8, 4) is 0 Å². The van der Waals surface area contributed by atoms with Gasteiger partial charge in [0, 0.05) is 22.9 Å². The van der Waals surface area contributed by atoms with E-state index in [1.807, 2.05) is 0 Å². The Morgan fingerprint density at radius 3 is 2.67 bits per heavy atom. The van der Waals surface area contributed by atoms with E-state index in [2.05, 4.69) is 15.9 Å². The van der Waals surface area contributed by atoms with Gasteiger partial charge in [0.15, 0.2) is 12.1 Å². The molecule has 0 N–H and O–H groups in total. The number of carbonyl (C=O) groups is 3. The number of ether oxygens (including phenoxy) is 1. The molecule has 0 fully saturated rings.